The summed E-state index contributed by atoms with van der Waals surface area (Å²) in [6, 6.07) is 6.00. The van der Waals surface area contributed by atoms with E-state index in [4.69, 9.17) is 9.47 Å². The Kier molecular flexibility index (Phi) is 3.50. The van der Waals surface area contributed by atoms with Gasteiger partial charge in [-0.1, -0.05) is 6.07 Å². The van der Waals surface area contributed by atoms with Crippen LogP contribution in [0.25, 0.3) is 11.4 Å². The maximum atomic E-state index is 5.42. The molecule has 0 fully saturated rings. The van der Waals surface area contributed by atoms with Crippen molar-refractivity contribution in [2.75, 3.05) is 14.2 Å². The summed E-state index contributed by atoms with van der Waals surface area (Å²) in [5, 5.41) is 8.14. The van der Waals surface area contributed by atoms with E-state index >= 15 is 0 Å². The molecule has 1 aromatic heterocycles. The van der Waals surface area contributed by atoms with E-state index in [2.05, 4.69) is 24.0 Å². The smallest absolute Gasteiger partial charge is 0.171 e. The van der Waals surface area contributed by atoms with Gasteiger partial charge in [0.05, 0.1) is 19.8 Å². The lowest BCUT2D eigenvalue weighted by Gasteiger charge is -2.14. The van der Waals surface area contributed by atoms with Gasteiger partial charge in [0.15, 0.2) is 17.3 Å². The number of methoxy groups -OCH3 is 2. The summed E-state index contributed by atoms with van der Waals surface area (Å²) in [6.45, 7) is 4.17. The van der Waals surface area contributed by atoms with Crippen molar-refractivity contribution in [1.29, 1.82) is 0 Å². The number of ether oxygens (including phenoxy) is 2. The first-order valence-corrected chi connectivity index (χ1v) is 5.80. The predicted molar refractivity (Wildman–Crippen MR) is 68.9 cm³/mol. The topological polar surface area (TPSA) is 49.2 Å². The molecule has 2 aromatic rings. The molecule has 0 radical (unpaired) electrons. The van der Waals surface area contributed by atoms with Crippen LogP contribution in [0.5, 0.6) is 11.5 Å². The van der Waals surface area contributed by atoms with Crippen LogP contribution in [0.4, 0.5) is 0 Å². The minimum absolute atomic E-state index is 0.283. The van der Waals surface area contributed by atoms with E-state index < -0.39 is 0 Å². The molecule has 1 aromatic carbocycles. The fourth-order valence-electron chi connectivity index (χ4n) is 1.88. The Morgan fingerprint density at radius 3 is 2.56 bits per heavy atom. The third kappa shape index (κ3) is 2.03. The maximum Gasteiger partial charge on any atom is 0.171 e. The molecule has 0 aliphatic carbocycles. The monoisotopic (exact) mass is 247 g/mol. The largest absolute Gasteiger partial charge is 0.493 e. The molecule has 18 heavy (non-hydrogen) atoms. The first-order valence-electron chi connectivity index (χ1n) is 5.80. The minimum atomic E-state index is 0.283. The number of nitrogens with zero attached hydrogens (tertiary/aromatic N) is 3. The molecule has 0 atom stereocenters. The summed E-state index contributed by atoms with van der Waals surface area (Å²) >= 11 is 0. The Hall–Kier alpha value is -2.04. The van der Waals surface area contributed by atoms with Gasteiger partial charge in [-0.15, -0.1) is 10.2 Å². The molecule has 0 aliphatic heterocycles. The van der Waals surface area contributed by atoms with Gasteiger partial charge in [-0.3, -0.25) is 0 Å². The number of benzene rings is 1. The average Bonchev–Trinajstić information content (AvgIpc) is 2.86. The molecule has 1 heterocycles. The summed E-state index contributed by atoms with van der Waals surface area (Å²) < 4.78 is 12.7. The van der Waals surface area contributed by atoms with Gasteiger partial charge in [-0.25, -0.2) is 0 Å². The molecule has 5 nitrogen and oxygen atoms in total. The number of hydrogen-bond acceptors (Lipinski definition) is 4. The van der Waals surface area contributed by atoms with Crippen molar-refractivity contribution >= 4 is 0 Å². The van der Waals surface area contributed by atoms with Gasteiger partial charge in [-0.05, 0) is 26.0 Å². The molecular weight excluding hydrogens is 230 g/mol. The van der Waals surface area contributed by atoms with E-state index in [1.807, 2.05) is 22.8 Å². The van der Waals surface area contributed by atoms with E-state index in [0.29, 0.717) is 11.5 Å². The molecule has 0 unspecified atom stereocenters. The predicted octanol–water partition coefficient (Wildman–Crippen LogP) is 2.54. The lowest BCUT2D eigenvalue weighted by atomic mass is 10.1. The summed E-state index contributed by atoms with van der Waals surface area (Å²) in [4.78, 5) is 0. The van der Waals surface area contributed by atoms with E-state index in [0.717, 1.165) is 11.4 Å². The van der Waals surface area contributed by atoms with E-state index in [-0.39, 0.29) is 6.04 Å². The highest BCUT2D eigenvalue weighted by atomic mass is 16.5. The summed E-state index contributed by atoms with van der Waals surface area (Å²) in [5.74, 6) is 2.14. The average molecular weight is 247 g/mol. The number of hydrogen-bond donors (Lipinski definition) is 0. The Balaban J connectivity index is 2.60. The summed E-state index contributed by atoms with van der Waals surface area (Å²) in [6.07, 6.45) is 1.72. The lowest BCUT2D eigenvalue weighted by molar-refractivity contribution is 0.355. The number of rotatable bonds is 4. The highest BCUT2D eigenvalue weighted by Crippen LogP contribution is 2.37. The molecule has 5 heteroatoms. The van der Waals surface area contributed by atoms with Crippen molar-refractivity contribution in [3.8, 4) is 22.9 Å². The van der Waals surface area contributed by atoms with Crippen LogP contribution in [0.15, 0.2) is 24.5 Å². The molecule has 0 saturated heterocycles. The van der Waals surface area contributed by atoms with Gasteiger partial charge in [-0.2, -0.15) is 0 Å². The van der Waals surface area contributed by atoms with Crippen molar-refractivity contribution < 1.29 is 9.47 Å². The van der Waals surface area contributed by atoms with E-state index in [1.54, 1.807) is 20.5 Å². The van der Waals surface area contributed by atoms with Crippen molar-refractivity contribution in [3.63, 3.8) is 0 Å². The second-order valence-electron chi connectivity index (χ2n) is 4.20. The lowest BCUT2D eigenvalue weighted by Crippen LogP contribution is -2.03. The Bertz CT molecular complexity index is 535. The van der Waals surface area contributed by atoms with E-state index in [1.165, 1.54) is 0 Å². The van der Waals surface area contributed by atoms with Crippen LogP contribution in [0.1, 0.15) is 19.9 Å². The first kappa shape index (κ1) is 12.4. The molecule has 0 aliphatic rings. The molecule has 2 rings (SSSR count). The highest BCUT2D eigenvalue weighted by Gasteiger charge is 2.17. The van der Waals surface area contributed by atoms with Crippen LogP contribution < -0.4 is 9.47 Å². The van der Waals surface area contributed by atoms with Crippen molar-refractivity contribution in [3.05, 3.63) is 24.5 Å². The van der Waals surface area contributed by atoms with Gasteiger partial charge in [0.2, 0.25) is 0 Å². The molecule has 0 bridgehead atoms. The normalized spacial score (nSPS) is 10.7. The van der Waals surface area contributed by atoms with Crippen LogP contribution in [0.2, 0.25) is 0 Å². The Morgan fingerprint density at radius 2 is 1.94 bits per heavy atom. The molecule has 96 valence electrons. The Morgan fingerprint density at radius 1 is 1.17 bits per heavy atom. The fraction of sp³-hybridized carbons (Fsp3) is 0.385. The van der Waals surface area contributed by atoms with Crippen molar-refractivity contribution in [2.45, 2.75) is 19.9 Å². The highest BCUT2D eigenvalue weighted by molar-refractivity contribution is 5.68. The zero-order chi connectivity index (χ0) is 13.1. The summed E-state index contributed by atoms with van der Waals surface area (Å²) in [7, 11) is 3.24. The molecular formula is C13H17N3O2. The molecule has 0 spiro atoms. The SMILES string of the molecule is COc1cccc(-c2nncn2C(C)C)c1OC. The van der Waals surface area contributed by atoms with Crippen LogP contribution in [-0.4, -0.2) is 29.0 Å². The number of para-hydroxylation sites is 1. The van der Waals surface area contributed by atoms with E-state index in [9.17, 15) is 0 Å². The van der Waals surface area contributed by atoms with Gasteiger partial charge in [0.1, 0.15) is 6.33 Å². The van der Waals surface area contributed by atoms with Gasteiger partial charge in [0, 0.05) is 6.04 Å². The van der Waals surface area contributed by atoms with Crippen molar-refractivity contribution in [1.82, 2.24) is 14.8 Å². The minimum Gasteiger partial charge on any atom is -0.493 e. The molecule has 0 N–H and O–H groups in total. The van der Waals surface area contributed by atoms with Gasteiger partial charge in [0.25, 0.3) is 0 Å². The second kappa shape index (κ2) is 5.08. The third-order valence-corrected chi connectivity index (χ3v) is 2.77. The second-order valence-corrected chi connectivity index (χ2v) is 4.20. The quantitative estimate of drug-likeness (QED) is 0.833. The van der Waals surface area contributed by atoms with Gasteiger partial charge < -0.3 is 14.0 Å². The standard InChI is InChI=1S/C13H17N3O2/c1-9(2)16-8-14-15-13(16)10-6-5-7-11(17-3)12(10)18-4/h5-9H,1-4H3. The molecule has 0 saturated carbocycles. The summed E-state index contributed by atoms with van der Waals surface area (Å²) in [5.41, 5.74) is 0.878. The van der Waals surface area contributed by atoms with Crippen LogP contribution in [-0.2, 0) is 0 Å². The fourth-order valence-corrected chi connectivity index (χ4v) is 1.88. The van der Waals surface area contributed by atoms with Crippen LogP contribution in [0, 0.1) is 0 Å². The zero-order valence-corrected chi connectivity index (χ0v) is 11.0. The van der Waals surface area contributed by atoms with Crippen LogP contribution >= 0.6 is 0 Å². The zero-order valence-electron chi connectivity index (χ0n) is 11.0. The van der Waals surface area contributed by atoms with Crippen molar-refractivity contribution in [2.24, 2.45) is 0 Å². The molecule has 0 amide bonds. The van der Waals surface area contributed by atoms with Gasteiger partial charge >= 0.3 is 0 Å². The first-order chi connectivity index (χ1) is 8.69. The third-order valence-electron chi connectivity index (χ3n) is 2.77. The maximum absolute atomic E-state index is 5.42. The van der Waals surface area contributed by atoms with Crippen LogP contribution in [0.3, 0.4) is 0 Å². The number of aromatic nitrogens is 3. The Labute approximate surface area is 106 Å².